The highest BCUT2D eigenvalue weighted by Crippen LogP contribution is 2.14. The van der Waals surface area contributed by atoms with Gasteiger partial charge in [0.2, 0.25) is 0 Å². The molecule has 15 heavy (non-hydrogen) atoms. The number of hydrogen-bond donors (Lipinski definition) is 1. The van der Waals surface area contributed by atoms with E-state index in [4.69, 9.17) is 0 Å². The Bertz CT molecular complexity index is 334. The first kappa shape index (κ1) is 10.4. The maximum atomic E-state index is 12.1. The summed E-state index contributed by atoms with van der Waals surface area (Å²) in [6.45, 7) is 2.20. The fraction of sp³-hybridized carbons (Fsp3) is 0.462. The van der Waals surface area contributed by atoms with Crippen LogP contribution in [0.15, 0.2) is 30.3 Å². The smallest absolute Gasteiger partial charge is 0.171 e. The summed E-state index contributed by atoms with van der Waals surface area (Å²) in [6.07, 6.45) is 2.24. The maximum absolute atomic E-state index is 12.1. The minimum absolute atomic E-state index is 0.237. The molecule has 1 aliphatic heterocycles. The fourth-order valence-corrected chi connectivity index (χ4v) is 2.34. The number of carbonyl (C=O) groups excluding carboxylic acids is 1. The first-order valence-electron chi connectivity index (χ1n) is 5.68. The molecule has 2 heteroatoms. The van der Waals surface area contributed by atoms with Gasteiger partial charge in [-0.2, -0.15) is 0 Å². The Morgan fingerprint density at radius 2 is 2.07 bits per heavy atom. The maximum Gasteiger partial charge on any atom is 0.171 e. The molecule has 1 heterocycles. The van der Waals surface area contributed by atoms with Crippen molar-refractivity contribution in [2.45, 2.75) is 12.8 Å². The van der Waals surface area contributed by atoms with Gasteiger partial charge in [0.1, 0.15) is 0 Å². The number of likely N-dealkylation sites (tertiary alicyclic amines) is 1. The molecule has 1 aromatic rings. The van der Waals surface area contributed by atoms with Crippen LogP contribution in [0.25, 0.3) is 0 Å². The van der Waals surface area contributed by atoms with Crippen LogP contribution in [0.2, 0.25) is 0 Å². The summed E-state index contributed by atoms with van der Waals surface area (Å²) in [5, 5.41) is 0. The summed E-state index contributed by atoms with van der Waals surface area (Å²) < 4.78 is 0. The van der Waals surface area contributed by atoms with E-state index in [1.165, 1.54) is 17.9 Å². The van der Waals surface area contributed by atoms with Crippen molar-refractivity contribution in [3.63, 3.8) is 0 Å². The van der Waals surface area contributed by atoms with Crippen LogP contribution in [0.3, 0.4) is 0 Å². The normalized spacial score (nSPS) is 26.2. The van der Waals surface area contributed by atoms with Gasteiger partial charge in [0.25, 0.3) is 0 Å². The molecule has 0 bridgehead atoms. The standard InChI is InChI=1S/C13H17NO/c1-14-9-5-8-12(10-14)13(15)11-6-3-2-4-7-11/h2-4,6-7,12H,5,8-10H2,1H3/p+1/t12-/m0/s1. The Hall–Kier alpha value is -1.15. The fourth-order valence-electron chi connectivity index (χ4n) is 2.34. The summed E-state index contributed by atoms with van der Waals surface area (Å²) in [7, 11) is 2.17. The van der Waals surface area contributed by atoms with Crippen molar-refractivity contribution in [3.8, 4) is 0 Å². The van der Waals surface area contributed by atoms with E-state index >= 15 is 0 Å². The molecule has 0 radical (unpaired) electrons. The van der Waals surface area contributed by atoms with E-state index in [1.54, 1.807) is 0 Å². The zero-order valence-electron chi connectivity index (χ0n) is 9.20. The van der Waals surface area contributed by atoms with Gasteiger partial charge in [0.05, 0.1) is 26.1 Å². The number of carbonyl (C=O) groups is 1. The largest absolute Gasteiger partial charge is 0.337 e. The predicted octanol–water partition coefficient (Wildman–Crippen LogP) is 0.794. The molecule has 80 valence electrons. The lowest BCUT2D eigenvalue weighted by Gasteiger charge is -2.25. The Morgan fingerprint density at radius 3 is 2.73 bits per heavy atom. The number of piperidine rings is 1. The lowest BCUT2D eigenvalue weighted by Crippen LogP contribution is -3.10. The highest BCUT2D eigenvalue weighted by atomic mass is 16.1. The molecule has 1 aromatic carbocycles. The van der Waals surface area contributed by atoms with Gasteiger partial charge in [0, 0.05) is 5.56 Å². The van der Waals surface area contributed by atoms with Crippen molar-refractivity contribution in [3.05, 3.63) is 35.9 Å². The zero-order valence-corrected chi connectivity index (χ0v) is 9.20. The number of rotatable bonds is 2. The summed E-state index contributed by atoms with van der Waals surface area (Å²) >= 11 is 0. The molecule has 1 saturated heterocycles. The zero-order chi connectivity index (χ0) is 10.7. The van der Waals surface area contributed by atoms with Crippen molar-refractivity contribution in [2.75, 3.05) is 20.1 Å². The van der Waals surface area contributed by atoms with E-state index in [1.807, 2.05) is 30.3 Å². The monoisotopic (exact) mass is 204 g/mol. The summed E-state index contributed by atoms with van der Waals surface area (Å²) in [5.74, 6) is 0.566. The molecule has 2 atom stereocenters. The molecule has 1 fully saturated rings. The van der Waals surface area contributed by atoms with Gasteiger partial charge in [0.15, 0.2) is 5.78 Å². The Kier molecular flexibility index (Phi) is 3.17. The molecule has 1 N–H and O–H groups in total. The third-order valence-electron chi connectivity index (χ3n) is 3.18. The summed E-state index contributed by atoms with van der Waals surface area (Å²) in [5.41, 5.74) is 0.872. The second kappa shape index (κ2) is 4.58. The first-order valence-corrected chi connectivity index (χ1v) is 5.68. The second-order valence-electron chi connectivity index (χ2n) is 4.48. The SMILES string of the molecule is C[NH+]1CCC[C@H](C(=O)c2ccccc2)C1. The van der Waals surface area contributed by atoms with Crippen LogP contribution in [-0.4, -0.2) is 25.9 Å². The van der Waals surface area contributed by atoms with Crippen LogP contribution in [-0.2, 0) is 0 Å². The minimum atomic E-state index is 0.237. The van der Waals surface area contributed by atoms with Crippen LogP contribution in [0, 0.1) is 5.92 Å². The van der Waals surface area contributed by atoms with E-state index < -0.39 is 0 Å². The molecule has 2 rings (SSSR count). The molecular weight excluding hydrogens is 186 g/mol. The highest BCUT2D eigenvalue weighted by Gasteiger charge is 2.27. The topological polar surface area (TPSA) is 21.5 Å². The third kappa shape index (κ3) is 2.45. The van der Waals surface area contributed by atoms with Gasteiger partial charge in [-0.15, -0.1) is 0 Å². The number of benzene rings is 1. The predicted molar refractivity (Wildman–Crippen MR) is 60.1 cm³/mol. The van der Waals surface area contributed by atoms with Crippen LogP contribution in [0.1, 0.15) is 23.2 Å². The molecular formula is C13H18NO+. The number of Topliss-reactive ketones (excluding diaryl/α,β-unsaturated/α-hetero) is 1. The first-order chi connectivity index (χ1) is 7.27. The van der Waals surface area contributed by atoms with Crippen molar-refractivity contribution in [1.29, 1.82) is 0 Å². The lowest BCUT2D eigenvalue weighted by molar-refractivity contribution is -0.887. The Balaban J connectivity index is 2.08. The van der Waals surface area contributed by atoms with E-state index in [-0.39, 0.29) is 5.92 Å². The van der Waals surface area contributed by atoms with Gasteiger partial charge < -0.3 is 4.90 Å². The number of quaternary nitrogens is 1. The van der Waals surface area contributed by atoms with Gasteiger partial charge in [-0.25, -0.2) is 0 Å². The average molecular weight is 204 g/mol. The van der Waals surface area contributed by atoms with Crippen LogP contribution >= 0.6 is 0 Å². The number of hydrogen-bond acceptors (Lipinski definition) is 1. The second-order valence-corrected chi connectivity index (χ2v) is 4.48. The molecule has 1 unspecified atom stereocenters. The van der Waals surface area contributed by atoms with Crippen molar-refractivity contribution in [2.24, 2.45) is 5.92 Å². The van der Waals surface area contributed by atoms with Gasteiger partial charge in [-0.3, -0.25) is 4.79 Å². The molecule has 0 saturated carbocycles. The van der Waals surface area contributed by atoms with E-state index in [0.717, 1.165) is 18.5 Å². The van der Waals surface area contributed by atoms with E-state index in [0.29, 0.717) is 5.78 Å². The molecule has 0 aromatic heterocycles. The molecule has 0 spiro atoms. The average Bonchev–Trinajstić information content (AvgIpc) is 2.29. The van der Waals surface area contributed by atoms with Crippen LogP contribution < -0.4 is 4.90 Å². The lowest BCUT2D eigenvalue weighted by atomic mass is 9.90. The summed E-state index contributed by atoms with van der Waals surface area (Å²) in [6, 6.07) is 9.67. The Morgan fingerprint density at radius 1 is 1.33 bits per heavy atom. The Labute approximate surface area is 90.9 Å². The highest BCUT2D eigenvalue weighted by molar-refractivity contribution is 5.97. The van der Waals surface area contributed by atoms with Crippen LogP contribution in [0.4, 0.5) is 0 Å². The quantitative estimate of drug-likeness (QED) is 0.707. The number of ketones is 1. The molecule has 0 amide bonds. The summed E-state index contributed by atoms with van der Waals surface area (Å²) in [4.78, 5) is 13.6. The van der Waals surface area contributed by atoms with Crippen LogP contribution in [0.5, 0.6) is 0 Å². The van der Waals surface area contributed by atoms with Gasteiger partial charge in [-0.05, 0) is 12.8 Å². The van der Waals surface area contributed by atoms with Gasteiger partial charge >= 0.3 is 0 Å². The third-order valence-corrected chi connectivity index (χ3v) is 3.18. The molecule has 0 aliphatic carbocycles. The van der Waals surface area contributed by atoms with E-state index in [9.17, 15) is 4.79 Å². The molecule has 2 nitrogen and oxygen atoms in total. The van der Waals surface area contributed by atoms with Crippen molar-refractivity contribution >= 4 is 5.78 Å². The number of nitrogens with one attached hydrogen (secondary N) is 1. The molecule has 1 aliphatic rings. The van der Waals surface area contributed by atoms with Gasteiger partial charge in [-0.1, -0.05) is 30.3 Å². The minimum Gasteiger partial charge on any atom is -0.337 e. The van der Waals surface area contributed by atoms with Crippen molar-refractivity contribution < 1.29 is 9.69 Å². The van der Waals surface area contributed by atoms with Crippen molar-refractivity contribution in [1.82, 2.24) is 0 Å². The van der Waals surface area contributed by atoms with E-state index in [2.05, 4.69) is 7.05 Å².